The molecule has 2 saturated heterocycles. The summed E-state index contributed by atoms with van der Waals surface area (Å²) < 4.78 is 50.1. The minimum absolute atomic E-state index is 0.272. The zero-order chi connectivity index (χ0) is 42.5. The van der Waals surface area contributed by atoms with Crippen LogP contribution in [0.4, 0.5) is 20.2 Å². The molecule has 62 heavy (non-hydrogen) atoms. The van der Waals surface area contributed by atoms with E-state index in [1.54, 1.807) is 42.9 Å². The maximum Gasteiger partial charge on any atom is 0.188 e. The number of halogens is 2. The average molecular weight is 843 g/mol. The Morgan fingerprint density at radius 3 is 1.71 bits per heavy atom. The van der Waals surface area contributed by atoms with Gasteiger partial charge in [-0.05, 0) is 71.8 Å². The molecule has 4 aromatic carbocycles. The molecule has 0 radical (unpaired) electrons. The monoisotopic (exact) mass is 842 g/mol. The van der Waals surface area contributed by atoms with Crippen LogP contribution in [0.3, 0.4) is 0 Å². The van der Waals surface area contributed by atoms with Crippen LogP contribution in [0.1, 0.15) is 11.1 Å². The van der Waals surface area contributed by atoms with E-state index in [9.17, 15) is 19.2 Å². The van der Waals surface area contributed by atoms with Crippen LogP contribution in [0.25, 0.3) is 22.3 Å². The van der Waals surface area contributed by atoms with Crippen LogP contribution < -0.4 is 33.5 Å². The molecule has 0 amide bonds. The van der Waals surface area contributed by atoms with Crippen molar-refractivity contribution < 1.29 is 37.1 Å². The average Bonchev–Trinajstić information content (AvgIpc) is 3.30. The second-order valence-corrected chi connectivity index (χ2v) is 15.9. The fourth-order valence-corrected chi connectivity index (χ4v) is 8.45. The first-order valence-corrected chi connectivity index (χ1v) is 21.0. The van der Waals surface area contributed by atoms with Crippen molar-refractivity contribution in [2.45, 2.75) is 13.1 Å². The number of hydrogen-bond acceptors (Lipinski definition) is 10. The van der Waals surface area contributed by atoms with Gasteiger partial charge >= 0.3 is 0 Å². The van der Waals surface area contributed by atoms with Gasteiger partial charge in [-0.3, -0.25) is 9.88 Å². The van der Waals surface area contributed by atoms with E-state index >= 15 is 0 Å². The third-order valence-corrected chi connectivity index (χ3v) is 11.6. The fourth-order valence-electron chi connectivity index (χ4n) is 8.45. The minimum Gasteiger partial charge on any atom is -0.632 e. The molecule has 4 aliphatic heterocycles. The predicted octanol–water partition coefficient (Wildman–Crippen LogP) is 7.21. The highest BCUT2D eigenvalue weighted by atomic mass is 19.1. The minimum atomic E-state index is -0.294. The first-order valence-electron chi connectivity index (χ1n) is 21.0. The second-order valence-electron chi connectivity index (χ2n) is 15.9. The molecule has 0 saturated carbocycles. The topological polar surface area (TPSA) is 110 Å². The Hall–Kier alpha value is -6.48. The normalized spacial score (nSPS) is 16.9. The number of pyridine rings is 2. The van der Waals surface area contributed by atoms with Crippen molar-refractivity contribution in [3.05, 3.63) is 155 Å². The fraction of sp³-hybridized carbons (Fsp3) is 0.292. The number of anilines is 2. The summed E-state index contributed by atoms with van der Waals surface area (Å²) in [4.78, 5) is 11.2. The lowest BCUT2D eigenvalue weighted by atomic mass is 10.1. The molecule has 0 unspecified atom stereocenters. The maximum atomic E-state index is 13.4. The van der Waals surface area contributed by atoms with Gasteiger partial charge in [0.15, 0.2) is 35.4 Å². The summed E-state index contributed by atoms with van der Waals surface area (Å²) in [5, 5.41) is 25.6. The molecule has 0 aliphatic carbocycles. The Morgan fingerprint density at radius 2 is 1.11 bits per heavy atom. The van der Waals surface area contributed by atoms with E-state index in [2.05, 4.69) is 25.8 Å². The number of fused-ring (bicyclic) bond motifs is 2. The van der Waals surface area contributed by atoms with E-state index in [1.807, 2.05) is 42.5 Å². The lowest BCUT2D eigenvalue weighted by molar-refractivity contribution is -0.894. The smallest absolute Gasteiger partial charge is 0.188 e. The van der Waals surface area contributed by atoms with E-state index in [4.69, 9.17) is 18.9 Å². The number of ether oxygens (including phenoxy) is 4. The number of hydroxylamine groups is 3. The van der Waals surface area contributed by atoms with Gasteiger partial charge in [0.05, 0.1) is 37.6 Å². The van der Waals surface area contributed by atoms with Crippen molar-refractivity contribution >= 4 is 11.4 Å². The van der Waals surface area contributed by atoms with Gasteiger partial charge in [-0.1, -0.05) is 36.4 Å². The highest BCUT2D eigenvalue weighted by Crippen LogP contribution is 2.41. The Labute approximate surface area is 359 Å². The Bertz CT molecular complexity index is 2480. The summed E-state index contributed by atoms with van der Waals surface area (Å²) in [6.07, 6.45) is 6.62. The summed E-state index contributed by atoms with van der Waals surface area (Å²) in [7, 11) is 0. The molecule has 0 atom stereocenters. The van der Waals surface area contributed by atoms with E-state index in [0.717, 1.165) is 98.7 Å². The van der Waals surface area contributed by atoms with Gasteiger partial charge in [0.2, 0.25) is 0 Å². The zero-order valence-corrected chi connectivity index (χ0v) is 34.3. The van der Waals surface area contributed by atoms with Crippen LogP contribution in [0.5, 0.6) is 23.0 Å². The van der Waals surface area contributed by atoms with Crippen molar-refractivity contribution in [3.8, 4) is 45.3 Å². The summed E-state index contributed by atoms with van der Waals surface area (Å²) in [5.74, 6) is 2.62. The van der Waals surface area contributed by atoms with Crippen LogP contribution in [0, 0.1) is 22.0 Å². The van der Waals surface area contributed by atoms with Crippen molar-refractivity contribution in [2.24, 2.45) is 0 Å². The molecule has 14 heteroatoms. The second kappa shape index (κ2) is 18.2. The van der Waals surface area contributed by atoms with Crippen molar-refractivity contribution in [3.63, 3.8) is 0 Å². The quantitative estimate of drug-likeness (QED) is 0.0887. The van der Waals surface area contributed by atoms with Crippen LogP contribution in [-0.2, 0) is 13.1 Å². The number of hydrogen-bond donors (Lipinski definition) is 0. The van der Waals surface area contributed by atoms with E-state index in [1.165, 1.54) is 30.5 Å². The number of aromatic nitrogens is 2. The predicted molar refractivity (Wildman–Crippen MR) is 232 cm³/mol. The molecule has 2 aromatic heterocycles. The van der Waals surface area contributed by atoms with Gasteiger partial charge < -0.3 is 43.8 Å². The van der Waals surface area contributed by atoms with Gasteiger partial charge in [-0.25, -0.2) is 8.78 Å². The number of rotatable bonds is 8. The summed E-state index contributed by atoms with van der Waals surface area (Å²) >= 11 is 0. The van der Waals surface area contributed by atoms with Gasteiger partial charge in [0.1, 0.15) is 44.6 Å². The Balaban J connectivity index is 0.000000158. The molecule has 6 aromatic rings. The van der Waals surface area contributed by atoms with E-state index in [0.29, 0.717) is 65.7 Å². The van der Waals surface area contributed by atoms with Gasteiger partial charge in [-0.15, -0.1) is 0 Å². The van der Waals surface area contributed by atoms with Crippen LogP contribution >= 0.6 is 0 Å². The molecule has 10 rings (SSSR count). The summed E-state index contributed by atoms with van der Waals surface area (Å²) in [5.41, 5.74) is 7.28. The van der Waals surface area contributed by atoms with Crippen LogP contribution in [-0.4, -0.2) is 93.3 Å². The molecule has 0 spiro atoms. The summed E-state index contributed by atoms with van der Waals surface area (Å²) in [6, 6.07) is 28.4. The SMILES string of the molecule is [O-][N+]1(Cc2cncc(-c3ccc(F)cc3)c2)CCN(c2cccc3c2OCCO3)CC1.[O-][n+]1cc(CN2CCN(c3cccc4c3OCCO4)CC2)cc(-c2ccc(F)cc2)c1. The standard InChI is InChI=1S/2C24H24FN3O3/c25-21-6-4-19(5-7-21)20-14-18(15-26-16-20)17-28(29)10-8-27(9-11-28)22-2-1-3-23-24(22)31-13-12-30-23;25-21-6-4-19(5-7-21)20-14-18(16-28(29)17-20)15-26-8-10-27(11-9-26)22-2-1-3-23-24(22)31-13-12-30-23/h1-7,14-16H,8-13,17H2;1-7,14,16-17H,8-13,15H2. The zero-order valence-electron chi connectivity index (χ0n) is 34.3. The van der Waals surface area contributed by atoms with E-state index < -0.39 is 0 Å². The van der Waals surface area contributed by atoms with Gasteiger partial charge in [-0.2, -0.15) is 4.73 Å². The first-order chi connectivity index (χ1) is 30.2. The van der Waals surface area contributed by atoms with Crippen molar-refractivity contribution in [1.29, 1.82) is 0 Å². The molecule has 4 aliphatic rings. The lowest BCUT2D eigenvalue weighted by Gasteiger charge is -2.49. The molecule has 0 N–H and O–H groups in total. The van der Waals surface area contributed by atoms with Crippen molar-refractivity contribution in [2.75, 3.05) is 88.6 Å². The number of piperazine rings is 2. The van der Waals surface area contributed by atoms with Gasteiger partial charge in [0.25, 0.3) is 0 Å². The largest absolute Gasteiger partial charge is 0.632 e. The third kappa shape index (κ3) is 9.52. The molecular weight excluding hydrogens is 795 g/mol. The van der Waals surface area contributed by atoms with Crippen LogP contribution in [0.15, 0.2) is 122 Å². The van der Waals surface area contributed by atoms with Crippen molar-refractivity contribution in [1.82, 2.24) is 9.88 Å². The third-order valence-electron chi connectivity index (χ3n) is 11.6. The van der Waals surface area contributed by atoms with Gasteiger partial charge in [0, 0.05) is 67.4 Å². The highest BCUT2D eigenvalue weighted by Gasteiger charge is 2.29. The molecular formula is C48H48F2N6O6. The molecule has 0 bridgehead atoms. The number of benzene rings is 4. The Morgan fingerprint density at radius 1 is 0.581 bits per heavy atom. The Kier molecular flexibility index (Phi) is 12.0. The number of para-hydroxylation sites is 2. The molecule has 2 fully saturated rings. The maximum absolute atomic E-state index is 13.4. The van der Waals surface area contributed by atoms with Crippen LogP contribution in [0.2, 0.25) is 0 Å². The first kappa shape index (κ1) is 40.9. The number of nitrogens with zero attached hydrogens (tertiary/aromatic N) is 6. The molecule has 12 nitrogen and oxygen atoms in total. The lowest BCUT2D eigenvalue weighted by Crippen LogP contribution is -2.55. The molecule has 6 heterocycles. The highest BCUT2D eigenvalue weighted by molar-refractivity contribution is 5.67. The molecule has 320 valence electrons. The van der Waals surface area contributed by atoms with E-state index in [-0.39, 0.29) is 16.3 Å². The summed E-state index contributed by atoms with van der Waals surface area (Å²) in [6.45, 7) is 9.06. The number of quaternary nitrogens is 1.